The van der Waals surface area contributed by atoms with Crippen LogP contribution in [0.15, 0.2) is 12.1 Å². The molecule has 0 radical (unpaired) electrons. The summed E-state index contributed by atoms with van der Waals surface area (Å²) in [7, 11) is 0. The van der Waals surface area contributed by atoms with Crippen molar-refractivity contribution >= 4 is 11.5 Å². The van der Waals surface area contributed by atoms with Crippen LogP contribution >= 0.6 is 0 Å². The van der Waals surface area contributed by atoms with Crippen LogP contribution in [0.5, 0.6) is 0 Å². The van der Waals surface area contributed by atoms with Crippen LogP contribution in [0.1, 0.15) is 50.8 Å². The van der Waals surface area contributed by atoms with E-state index >= 15 is 0 Å². The first-order chi connectivity index (χ1) is 10.5. The number of hydrogen-bond donors (Lipinski definition) is 1. The van der Waals surface area contributed by atoms with E-state index in [4.69, 9.17) is 0 Å². The number of rotatable bonds is 2. The van der Waals surface area contributed by atoms with Gasteiger partial charge in [0.25, 0.3) is 5.82 Å². The van der Waals surface area contributed by atoms with E-state index < -0.39 is 12.0 Å². The largest absolute Gasteiger partial charge is 0.453 e. The first kappa shape index (κ1) is 15.1. The molecule has 1 aliphatic rings. The molecule has 2 heterocycles. The molecule has 3 rings (SSSR count). The molecule has 0 bridgehead atoms. The van der Waals surface area contributed by atoms with Gasteiger partial charge in [0.1, 0.15) is 5.82 Å². The van der Waals surface area contributed by atoms with Crippen LogP contribution in [-0.4, -0.2) is 25.9 Å². The van der Waals surface area contributed by atoms with Gasteiger partial charge in [0, 0.05) is 6.04 Å². The maximum atomic E-state index is 12.9. The Hall–Kier alpha value is -1.86. The minimum absolute atomic E-state index is 0.0931. The highest BCUT2D eigenvalue weighted by Crippen LogP contribution is 2.28. The van der Waals surface area contributed by atoms with Gasteiger partial charge in [-0.3, -0.25) is 0 Å². The van der Waals surface area contributed by atoms with Crippen molar-refractivity contribution in [3.8, 4) is 0 Å². The number of alkyl halides is 3. The van der Waals surface area contributed by atoms with Gasteiger partial charge in [-0.05, 0) is 25.0 Å². The quantitative estimate of drug-likeness (QED) is 0.919. The van der Waals surface area contributed by atoms with Crippen LogP contribution in [0.3, 0.4) is 0 Å². The summed E-state index contributed by atoms with van der Waals surface area (Å²) in [4.78, 5) is 0. The lowest BCUT2D eigenvalue weighted by molar-refractivity contribution is -0.146. The third-order valence-electron chi connectivity index (χ3n) is 3.97. The van der Waals surface area contributed by atoms with Crippen LogP contribution in [0, 0.1) is 0 Å². The molecule has 2 aromatic heterocycles. The van der Waals surface area contributed by atoms with Gasteiger partial charge in [-0.15, -0.1) is 15.3 Å². The van der Waals surface area contributed by atoms with Crippen molar-refractivity contribution in [3.05, 3.63) is 18.0 Å². The second-order valence-corrected chi connectivity index (χ2v) is 5.70. The third kappa shape index (κ3) is 3.31. The summed E-state index contributed by atoms with van der Waals surface area (Å²) in [5, 5.41) is 13.9. The van der Waals surface area contributed by atoms with Gasteiger partial charge in [-0.1, -0.05) is 32.1 Å². The number of fused-ring (bicyclic) bond motifs is 1. The van der Waals surface area contributed by atoms with Crippen LogP contribution in [0.4, 0.5) is 19.0 Å². The summed E-state index contributed by atoms with van der Waals surface area (Å²) in [5.41, 5.74) is 0.0931. The van der Waals surface area contributed by atoms with Crippen molar-refractivity contribution in [2.24, 2.45) is 0 Å². The first-order valence-corrected chi connectivity index (χ1v) is 7.60. The van der Waals surface area contributed by atoms with Crippen molar-refractivity contribution in [2.45, 2.75) is 57.2 Å². The molecule has 5 nitrogen and oxygen atoms in total. The van der Waals surface area contributed by atoms with Crippen molar-refractivity contribution in [1.82, 2.24) is 19.8 Å². The van der Waals surface area contributed by atoms with Gasteiger partial charge in [-0.2, -0.15) is 17.7 Å². The molecule has 0 amide bonds. The van der Waals surface area contributed by atoms with Crippen LogP contribution in [0.25, 0.3) is 5.65 Å². The van der Waals surface area contributed by atoms with E-state index in [2.05, 4.69) is 20.6 Å². The van der Waals surface area contributed by atoms with E-state index in [1.165, 1.54) is 25.3 Å². The lowest BCUT2D eigenvalue weighted by Crippen LogP contribution is -2.22. The fourth-order valence-electron chi connectivity index (χ4n) is 2.85. The van der Waals surface area contributed by atoms with E-state index in [9.17, 15) is 13.2 Å². The zero-order valence-electron chi connectivity index (χ0n) is 12.1. The molecule has 22 heavy (non-hydrogen) atoms. The van der Waals surface area contributed by atoms with Crippen LogP contribution in [-0.2, 0) is 6.18 Å². The van der Waals surface area contributed by atoms with Crippen molar-refractivity contribution in [1.29, 1.82) is 0 Å². The molecule has 8 heteroatoms. The molecule has 0 saturated heterocycles. The van der Waals surface area contributed by atoms with E-state index in [1.54, 1.807) is 6.07 Å². The number of halogens is 3. The molecule has 2 aromatic rings. The Morgan fingerprint density at radius 1 is 1.00 bits per heavy atom. The third-order valence-corrected chi connectivity index (χ3v) is 3.97. The zero-order chi connectivity index (χ0) is 15.6. The maximum Gasteiger partial charge on any atom is 0.453 e. The second-order valence-electron chi connectivity index (χ2n) is 5.70. The predicted molar refractivity (Wildman–Crippen MR) is 75.5 cm³/mol. The zero-order valence-corrected chi connectivity index (χ0v) is 12.1. The number of hydrogen-bond acceptors (Lipinski definition) is 4. The lowest BCUT2D eigenvalue weighted by atomic mass is 9.97. The second kappa shape index (κ2) is 6.10. The summed E-state index contributed by atoms with van der Waals surface area (Å²) < 4.78 is 39.3. The molecule has 120 valence electrons. The fraction of sp³-hybridized carbons (Fsp3) is 0.643. The molecule has 1 aliphatic carbocycles. The number of aromatic nitrogens is 4. The summed E-state index contributed by atoms with van der Waals surface area (Å²) in [5.74, 6) is -0.660. The van der Waals surface area contributed by atoms with E-state index in [-0.39, 0.29) is 11.7 Å². The molecule has 0 aromatic carbocycles. The monoisotopic (exact) mass is 313 g/mol. The Morgan fingerprint density at radius 2 is 1.68 bits per heavy atom. The van der Waals surface area contributed by atoms with Gasteiger partial charge in [0.05, 0.1) is 0 Å². The SMILES string of the molecule is FC(F)(F)c1nnc2ccc(NC3CCCCCCC3)nn12. The van der Waals surface area contributed by atoms with Crippen molar-refractivity contribution in [2.75, 3.05) is 5.32 Å². The van der Waals surface area contributed by atoms with E-state index in [0.717, 1.165) is 30.2 Å². The smallest absolute Gasteiger partial charge is 0.366 e. The molecule has 1 N–H and O–H groups in total. The van der Waals surface area contributed by atoms with Crippen LogP contribution in [0.2, 0.25) is 0 Å². The summed E-state index contributed by atoms with van der Waals surface area (Å²) >= 11 is 0. The highest BCUT2D eigenvalue weighted by Gasteiger charge is 2.37. The average molecular weight is 313 g/mol. The van der Waals surface area contributed by atoms with Gasteiger partial charge >= 0.3 is 6.18 Å². The lowest BCUT2D eigenvalue weighted by Gasteiger charge is -2.21. The fourth-order valence-corrected chi connectivity index (χ4v) is 2.85. The van der Waals surface area contributed by atoms with Gasteiger partial charge < -0.3 is 5.32 Å². The first-order valence-electron chi connectivity index (χ1n) is 7.60. The van der Waals surface area contributed by atoms with E-state index in [0.29, 0.717) is 5.82 Å². The minimum atomic E-state index is -4.56. The molecule has 0 unspecified atom stereocenters. The topological polar surface area (TPSA) is 55.1 Å². The highest BCUT2D eigenvalue weighted by atomic mass is 19.4. The summed E-state index contributed by atoms with van der Waals surface area (Å²) in [6, 6.07) is 3.42. The predicted octanol–water partition coefficient (Wildman–Crippen LogP) is 3.67. The average Bonchev–Trinajstić information content (AvgIpc) is 2.84. The molecular formula is C14H18F3N5. The molecule has 0 atom stereocenters. The normalized spacial score (nSPS) is 18.1. The molecule has 0 aliphatic heterocycles. The van der Waals surface area contributed by atoms with Gasteiger partial charge in [-0.25, -0.2) is 0 Å². The number of anilines is 1. The van der Waals surface area contributed by atoms with Gasteiger partial charge in [0.2, 0.25) is 0 Å². The molecule has 1 fully saturated rings. The Morgan fingerprint density at radius 3 is 2.36 bits per heavy atom. The van der Waals surface area contributed by atoms with Crippen molar-refractivity contribution < 1.29 is 13.2 Å². The standard InChI is InChI=1S/C14H18F3N5/c15-14(16,17)13-20-19-12-9-8-11(21-22(12)13)18-10-6-4-2-1-3-5-7-10/h8-10H,1-7H2,(H,18,21). The Kier molecular flexibility index (Phi) is 4.17. The summed E-state index contributed by atoms with van der Waals surface area (Å²) in [6.07, 6.45) is 3.46. The number of nitrogens with one attached hydrogen (secondary N) is 1. The molecular weight excluding hydrogens is 295 g/mol. The van der Waals surface area contributed by atoms with Gasteiger partial charge in [0.15, 0.2) is 5.65 Å². The Bertz CT molecular complexity index is 629. The van der Waals surface area contributed by atoms with Crippen molar-refractivity contribution in [3.63, 3.8) is 0 Å². The minimum Gasteiger partial charge on any atom is -0.366 e. The molecule has 1 saturated carbocycles. The Balaban J connectivity index is 1.81. The molecule has 0 spiro atoms. The number of nitrogens with zero attached hydrogens (tertiary/aromatic N) is 4. The van der Waals surface area contributed by atoms with Crippen LogP contribution < -0.4 is 5.32 Å². The highest BCUT2D eigenvalue weighted by molar-refractivity contribution is 5.44. The van der Waals surface area contributed by atoms with E-state index in [1.807, 2.05) is 0 Å². The maximum absolute atomic E-state index is 12.9. The Labute approximate surface area is 125 Å². The summed E-state index contributed by atoms with van der Waals surface area (Å²) in [6.45, 7) is 0.